The number of hydrogen-bond acceptors (Lipinski definition) is 4. The number of carbonyl (C=O) groups is 1. The number of hydrogen-bond donors (Lipinski definition) is 1. The number of benzene rings is 2. The molecule has 0 unspecified atom stereocenters. The van der Waals surface area contributed by atoms with Gasteiger partial charge in [0.05, 0.1) is 17.7 Å². The lowest BCUT2D eigenvalue weighted by Crippen LogP contribution is -2.31. The average Bonchev–Trinajstić information content (AvgIpc) is 2.98. The third-order valence-corrected chi connectivity index (χ3v) is 6.88. The van der Waals surface area contributed by atoms with Crippen molar-refractivity contribution in [2.75, 3.05) is 25.5 Å². The number of methoxy groups -OCH3 is 1. The molecule has 1 fully saturated rings. The van der Waals surface area contributed by atoms with Gasteiger partial charge in [0.25, 0.3) is 5.91 Å². The smallest absolute Gasteiger partial charge is 0.255 e. The van der Waals surface area contributed by atoms with Crippen LogP contribution in [0.4, 0.5) is 5.69 Å². The van der Waals surface area contributed by atoms with Crippen LogP contribution in [0, 0.1) is 0 Å². The van der Waals surface area contributed by atoms with Gasteiger partial charge in [-0.2, -0.15) is 4.31 Å². The number of anilines is 1. The fraction of sp³-hybridized carbons (Fsp3) is 0.350. The van der Waals surface area contributed by atoms with Crippen molar-refractivity contribution in [3.8, 4) is 5.75 Å². The molecular formula is C20H23ClN2O4S. The molecule has 1 amide bonds. The molecule has 6 nitrogen and oxygen atoms in total. The summed E-state index contributed by atoms with van der Waals surface area (Å²) in [5.74, 6) is 0.109. The number of halogens is 1. The highest BCUT2D eigenvalue weighted by Gasteiger charge is 2.25. The van der Waals surface area contributed by atoms with E-state index in [0.717, 1.165) is 25.7 Å². The first-order valence-electron chi connectivity index (χ1n) is 9.17. The van der Waals surface area contributed by atoms with Crippen LogP contribution >= 0.6 is 11.6 Å². The van der Waals surface area contributed by atoms with Gasteiger partial charge in [-0.1, -0.05) is 24.4 Å². The Hall–Kier alpha value is -2.09. The first kappa shape index (κ1) is 20.6. The highest BCUT2D eigenvalue weighted by molar-refractivity contribution is 7.89. The van der Waals surface area contributed by atoms with Gasteiger partial charge in [-0.25, -0.2) is 8.42 Å². The van der Waals surface area contributed by atoms with E-state index in [1.807, 2.05) is 0 Å². The van der Waals surface area contributed by atoms with E-state index in [4.69, 9.17) is 16.3 Å². The van der Waals surface area contributed by atoms with Crippen LogP contribution in [0.15, 0.2) is 47.4 Å². The molecule has 1 N–H and O–H groups in total. The van der Waals surface area contributed by atoms with E-state index >= 15 is 0 Å². The Kier molecular flexibility index (Phi) is 6.59. The molecule has 0 radical (unpaired) electrons. The fourth-order valence-corrected chi connectivity index (χ4v) is 4.87. The molecule has 1 aliphatic rings. The van der Waals surface area contributed by atoms with Crippen molar-refractivity contribution in [2.24, 2.45) is 0 Å². The van der Waals surface area contributed by atoms with Crippen LogP contribution in [0.25, 0.3) is 0 Å². The normalized spacial score (nSPS) is 15.6. The van der Waals surface area contributed by atoms with Crippen molar-refractivity contribution in [3.63, 3.8) is 0 Å². The van der Waals surface area contributed by atoms with Crippen LogP contribution in [0.5, 0.6) is 5.75 Å². The van der Waals surface area contributed by atoms with Crippen LogP contribution in [-0.2, 0) is 10.0 Å². The standard InChI is InChI=1S/C20H23ClN2O4S/c1-27-19-11-8-16(21)14-18(19)22-20(24)15-6-9-17(10-7-15)28(25,26)23-12-4-2-3-5-13-23/h6-11,14H,2-5,12-13H2,1H3,(H,22,24). The van der Waals surface area contributed by atoms with E-state index in [0.29, 0.717) is 35.1 Å². The van der Waals surface area contributed by atoms with Crippen molar-refractivity contribution < 1.29 is 17.9 Å². The molecule has 2 aromatic rings. The Morgan fingerprint density at radius 2 is 1.68 bits per heavy atom. The summed E-state index contributed by atoms with van der Waals surface area (Å²) >= 11 is 5.98. The summed E-state index contributed by atoms with van der Waals surface area (Å²) in [4.78, 5) is 12.7. The minimum atomic E-state index is -3.54. The first-order valence-corrected chi connectivity index (χ1v) is 11.0. The molecule has 2 aromatic carbocycles. The molecule has 0 saturated carbocycles. The number of carbonyl (C=O) groups excluding carboxylic acids is 1. The molecule has 1 saturated heterocycles. The van der Waals surface area contributed by atoms with Gasteiger partial charge in [0.15, 0.2) is 0 Å². The highest BCUT2D eigenvalue weighted by atomic mass is 35.5. The molecular weight excluding hydrogens is 400 g/mol. The van der Waals surface area contributed by atoms with Crippen molar-refractivity contribution >= 4 is 33.2 Å². The van der Waals surface area contributed by atoms with E-state index in [9.17, 15) is 13.2 Å². The maximum atomic E-state index is 12.8. The summed E-state index contributed by atoms with van der Waals surface area (Å²) in [5, 5.41) is 3.21. The quantitative estimate of drug-likeness (QED) is 0.784. The van der Waals surface area contributed by atoms with Gasteiger partial charge in [0.2, 0.25) is 10.0 Å². The minimum Gasteiger partial charge on any atom is -0.495 e. The predicted molar refractivity (Wildman–Crippen MR) is 110 cm³/mol. The molecule has 0 bridgehead atoms. The molecule has 28 heavy (non-hydrogen) atoms. The summed E-state index contributed by atoms with van der Waals surface area (Å²) in [6.07, 6.45) is 3.86. The van der Waals surface area contributed by atoms with Gasteiger partial charge >= 0.3 is 0 Å². The minimum absolute atomic E-state index is 0.200. The second kappa shape index (κ2) is 8.94. The zero-order chi connectivity index (χ0) is 20.1. The highest BCUT2D eigenvalue weighted by Crippen LogP contribution is 2.28. The van der Waals surface area contributed by atoms with Crippen molar-refractivity contribution in [1.29, 1.82) is 0 Å². The van der Waals surface area contributed by atoms with Crippen LogP contribution in [0.1, 0.15) is 36.0 Å². The summed E-state index contributed by atoms with van der Waals surface area (Å²) in [6.45, 7) is 1.08. The molecule has 1 heterocycles. The van der Waals surface area contributed by atoms with Gasteiger partial charge in [0, 0.05) is 23.7 Å². The molecule has 1 aliphatic heterocycles. The lowest BCUT2D eigenvalue weighted by Gasteiger charge is -2.20. The summed E-state index contributed by atoms with van der Waals surface area (Å²) in [5.41, 5.74) is 0.790. The maximum absolute atomic E-state index is 12.8. The van der Waals surface area contributed by atoms with Gasteiger partial charge in [-0.3, -0.25) is 4.79 Å². The fourth-order valence-electron chi connectivity index (χ4n) is 3.18. The maximum Gasteiger partial charge on any atom is 0.255 e. The van der Waals surface area contributed by atoms with E-state index < -0.39 is 10.0 Å². The second-order valence-electron chi connectivity index (χ2n) is 6.64. The van der Waals surface area contributed by atoms with Gasteiger partial charge in [-0.05, 0) is 55.3 Å². The zero-order valence-corrected chi connectivity index (χ0v) is 17.2. The largest absolute Gasteiger partial charge is 0.495 e. The van der Waals surface area contributed by atoms with Crippen molar-refractivity contribution in [3.05, 3.63) is 53.1 Å². The molecule has 0 aromatic heterocycles. The van der Waals surface area contributed by atoms with E-state index in [-0.39, 0.29) is 10.8 Å². The van der Waals surface area contributed by atoms with E-state index in [1.54, 1.807) is 18.2 Å². The number of rotatable bonds is 5. The van der Waals surface area contributed by atoms with Crippen LogP contribution in [-0.4, -0.2) is 38.8 Å². The monoisotopic (exact) mass is 422 g/mol. The molecule has 8 heteroatoms. The molecule has 150 valence electrons. The first-order chi connectivity index (χ1) is 13.4. The lowest BCUT2D eigenvalue weighted by molar-refractivity contribution is 0.102. The number of amides is 1. The van der Waals surface area contributed by atoms with E-state index in [2.05, 4.69) is 5.32 Å². The third kappa shape index (κ3) is 4.66. The van der Waals surface area contributed by atoms with Gasteiger partial charge < -0.3 is 10.1 Å². The molecule has 0 aliphatic carbocycles. The van der Waals surface area contributed by atoms with Gasteiger partial charge in [0.1, 0.15) is 5.75 Å². The summed E-state index contributed by atoms with van der Waals surface area (Å²) < 4.78 is 32.4. The third-order valence-electron chi connectivity index (χ3n) is 4.73. The van der Waals surface area contributed by atoms with Crippen molar-refractivity contribution in [2.45, 2.75) is 30.6 Å². The van der Waals surface area contributed by atoms with Crippen LogP contribution in [0.3, 0.4) is 0 Å². The molecule has 0 spiro atoms. The number of nitrogens with one attached hydrogen (secondary N) is 1. The van der Waals surface area contributed by atoms with Crippen LogP contribution < -0.4 is 10.1 Å². The second-order valence-corrected chi connectivity index (χ2v) is 9.02. The number of nitrogens with zero attached hydrogens (tertiary/aromatic N) is 1. The van der Waals surface area contributed by atoms with Crippen molar-refractivity contribution in [1.82, 2.24) is 4.31 Å². The number of ether oxygens (including phenoxy) is 1. The molecule has 0 atom stereocenters. The number of sulfonamides is 1. The SMILES string of the molecule is COc1ccc(Cl)cc1NC(=O)c1ccc(S(=O)(=O)N2CCCCCC2)cc1. The Bertz CT molecular complexity index is 937. The average molecular weight is 423 g/mol. The Balaban J connectivity index is 1.77. The van der Waals surface area contributed by atoms with E-state index in [1.165, 1.54) is 35.7 Å². The van der Waals surface area contributed by atoms with Crippen LogP contribution in [0.2, 0.25) is 5.02 Å². The van der Waals surface area contributed by atoms with Gasteiger partial charge in [-0.15, -0.1) is 0 Å². The molecule has 3 rings (SSSR count). The Morgan fingerprint density at radius 3 is 2.29 bits per heavy atom. The lowest BCUT2D eigenvalue weighted by atomic mass is 10.2. The Morgan fingerprint density at radius 1 is 1.04 bits per heavy atom. The topological polar surface area (TPSA) is 75.7 Å². The summed E-state index contributed by atoms with van der Waals surface area (Å²) in [6, 6.07) is 10.9. The summed E-state index contributed by atoms with van der Waals surface area (Å²) in [7, 11) is -2.04. The zero-order valence-electron chi connectivity index (χ0n) is 15.7. The Labute approximate surface area is 170 Å². The predicted octanol–water partition coefficient (Wildman–Crippen LogP) is 4.17.